The SMILES string of the molecule is CCN(CC1CC1)c1cc(Cl)ncn1. The van der Waals surface area contributed by atoms with Crippen molar-refractivity contribution in [2.45, 2.75) is 19.8 Å². The van der Waals surface area contributed by atoms with E-state index in [-0.39, 0.29) is 0 Å². The van der Waals surface area contributed by atoms with Crippen LogP contribution in [0.2, 0.25) is 5.15 Å². The highest BCUT2D eigenvalue weighted by atomic mass is 35.5. The van der Waals surface area contributed by atoms with Crippen LogP contribution in [0.3, 0.4) is 0 Å². The number of anilines is 1. The number of nitrogens with zero attached hydrogens (tertiary/aromatic N) is 3. The number of hydrogen-bond acceptors (Lipinski definition) is 3. The summed E-state index contributed by atoms with van der Waals surface area (Å²) in [5, 5.41) is 0.518. The van der Waals surface area contributed by atoms with Crippen molar-refractivity contribution in [3.8, 4) is 0 Å². The Morgan fingerprint density at radius 2 is 2.29 bits per heavy atom. The molecule has 14 heavy (non-hydrogen) atoms. The number of halogens is 1. The lowest BCUT2D eigenvalue weighted by Gasteiger charge is -2.21. The molecule has 1 aromatic heterocycles. The summed E-state index contributed by atoms with van der Waals surface area (Å²) in [5.41, 5.74) is 0. The summed E-state index contributed by atoms with van der Waals surface area (Å²) in [4.78, 5) is 10.4. The van der Waals surface area contributed by atoms with Crippen molar-refractivity contribution >= 4 is 17.4 Å². The van der Waals surface area contributed by atoms with Gasteiger partial charge in [-0.2, -0.15) is 0 Å². The van der Waals surface area contributed by atoms with Crippen LogP contribution in [0.1, 0.15) is 19.8 Å². The third-order valence-electron chi connectivity index (χ3n) is 2.50. The van der Waals surface area contributed by atoms with Gasteiger partial charge in [0.25, 0.3) is 0 Å². The molecule has 0 bridgehead atoms. The minimum atomic E-state index is 0.518. The molecule has 76 valence electrons. The van der Waals surface area contributed by atoms with Gasteiger partial charge in [0.15, 0.2) is 0 Å². The van der Waals surface area contributed by atoms with Gasteiger partial charge in [-0.25, -0.2) is 9.97 Å². The second-order valence-electron chi connectivity index (χ2n) is 3.68. The van der Waals surface area contributed by atoms with Crippen molar-refractivity contribution in [2.75, 3.05) is 18.0 Å². The Bertz CT molecular complexity index is 312. The minimum absolute atomic E-state index is 0.518. The van der Waals surface area contributed by atoms with Crippen molar-refractivity contribution in [3.05, 3.63) is 17.5 Å². The molecule has 1 saturated carbocycles. The first-order valence-electron chi connectivity index (χ1n) is 5.02. The second-order valence-corrected chi connectivity index (χ2v) is 4.07. The predicted octanol–water partition coefficient (Wildman–Crippen LogP) is 2.37. The molecule has 0 radical (unpaired) electrons. The average molecular weight is 212 g/mol. The molecule has 1 aliphatic rings. The van der Waals surface area contributed by atoms with E-state index in [1.165, 1.54) is 19.2 Å². The summed E-state index contributed by atoms with van der Waals surface area (Å²) in [6.07, 6.45) is 4.23. The highest BCUT2D eigenvalue weighted by Gasteiger charge is 2.24. The molecule has 0 N–H and O–H groups in total. The molecule has 2 rings (SSSR count). The van der Waals surface area contributed by atoms with Gasteiger partial charge in [0, 0.05) is 19.2 Å². The third kappa shape index (κ3) is 2.35. The van der Waals surface area contributed by atoms with Crippen LogP contribution in [0, 0.1) is 5.92 Å². The van der Waals surface area contributed by atoms with Gasteiger partial charge in [-0.05, 0) is 25.7 Å². The van der Waals surface area contributed by atoms with Crippen molar-refractivity contribution in [1.29, 1.82) is 0 Å². The maximum absolute atomic E-state index is 5.82. The van der Waals surface area contributed by atoms with E-state index >= 15 is 0 Å². The normalized spacial score (nSPS) is 15.6. The first-order chi connectivity index (χ1) is 6.79. The average Bonchev–Trinajstić information content (AvgIpc) is 2.98. The monoisotopic (exact) mass is 211 g/mol. The van der Waals surface area contributed by atoms with Crippen molar-refractivity contribution in [1.82, 2.24) is 9.97 Å². The van der Waals surface area contributed by atoms with Crippen molar-refractivity contribution < 1.29 is 0 Å². The summed E-state index contributed by atoms with van der Waals surface area (Å²) in [6, 6.07) is 1.83. The van der Waals surface area contributed by atoms with E-state index in [1.807, 2.05) is 6.07 Å². The summed E-state index contributed by atoms with van der Waals surface area (Å²) < 4.78 is 0. The summed E-state index contributed by atoms with van der Waals surface area (Å²) >= 11 is 5.82. The molecular formula is C10H14ClN3. The number of hydrogen-bond donors (Lipinski definition) is 0. The molecule has 1 fully saturated rings. The fourth-order valence-corrected chi connectivity index (χ4v) is 1.64. The van der Waals surface area contributed by atoms with Gasteiger partial charge in [0.1, 0.15) is 17.3 Å². The standard InChI is InChI=1S/C10H14ClN3/c1-2-14(6-8-3-4-8)10-5-9(11)12-7-13-10/h5,7-8H,2-4,6H2,1H3. The quantitative estimate of drug-likeness (QED) is 0.716. The van der Waals surface area contributed by atoms with E-state index in [1.54, 1.807) is 0 Å². The topological polar surface area (TPSA) is 29.0 Å². The first kappa shape index (κ1) is 9.71. The molecule has 0 amide bonds. The molecule has 0 unspecified atom stereocenters. The Labute approximate surface area is 89.1 Å². The highest BCUT2D eigenvalue weighted by Crippen LogP contribution is 2.31. The largest absolute Gasteiger partial charge is 0.356 e. The predicted molar refractivity (Wildman–Crippen MR) is 57.7 cm³/mol. The zero-order valence-electron chi connectivity index (χ0n) is 8.28. The van der Waals surface area contributed by atoms with Crippen LogP contribution in [0.25, 0.3) is 0 Å². The van der Waals surface area contributed by atoms with Crippen LogP contribution in [0.4, 0.5) is 5.82 Å². The zero-order valence-corrected chi connectivity index (χ0v) is 9.04. The first-order valence-corrected chi connectivity index (χ1v) is 5.40. The Morgan fingerprint density at radius 1 is 1.50 bits per heavy atom. The van der Waals surface area contributed by atoms with Crippen LogP contribution in [0.5, 0.6) is 0 Å². The van der Waals surface area contributed by atoms with E-state index in [0.717, 1.165) is 24.8 Å². The summed E-state index contributed by atoms with van der Waals surface area (Å²) in [5.74, 6) is 1.81. The van der Waals surface area contributed by atoms with E-state index in [2.05, 4.69) is 21.8 Å². The molecule has 1 heterocycles. The molecule has 0 aromatic carbocycles. The Morgan fingerprint density at radius 3 is 2.86 bits per heavy atom. The smallest absolute Gasteiger partial charge is 0.134 e. The maximum atomic E-state index is 5.82. The number of rotatable bonds is 4. The van der Waals surface area contributed by atoms with E-state index in [0.29, 0.717) is 5.15 Å². The van der Waals surface area contributed by atoms with Crippen LogP contribution < -0.4 is 4.90 Å². The van der Waals surface area contributed by atoms with Gasteiger partial charge in [-0.15, -0.1) is 0 Å². The molecule has 3 nitrogen and oxygen atoms in total. The Hall–Kier alpha value is -0.830. The lowest BCUT2D eigenvalue weighted by atomic mass is 10.3. The van der Waals surface area contributed by atoms with Gasteiger partial charge in [-0.1, -0.05) is 11.6 Å². The molecular weight excluding hydrogens is 198 g/mol. The van der Waals surface area contributed by atoms with E-state index in [9.17, 15) is 0 Å². The molecule has 0 spiro atoms. The maximum Gasteiger partial charge on any atom is 0.134 e. The molecule has 0 saturated heterocycles. The van der Waals surface area contributed by atoms with Crippen molar-refractivity contribution in [3.63, 3.8) is 0 Å². The second kappa shape index (κ2) is 4.13. The summed E-state index contributed by atoms with van der Waals surface area (Å²) in [6.45, 7) is 4.21. The molecule has 1 aromatic rings. The fraction of sp³-hybridized carbons (Fsp3) is 0.600. The third-order valence-corrected chi connectivity index (χ3v) is 2.71. The minimum Gasteiger partial charge on any atom is -0.356 e. The lowest BCUT2D eigenvalue weighted by Crippen LogP contribution is -2.26. The van der Waals surface area contributed by atoms with Crippen molar-refractivity contribution in [2.24, 2.45) is 5.92 Å². The highest BCUT2D eigenvalue weighted by molar-refractivity contribution is 6.29. The summed E-state index contributed by atoms with van der Waals surface area (Å²) in [7, 11) is 0. The van der Waals surface area contributed by atoms with Gasteiger partial charge < -0.3 is 4.90 Å². The van der Waals surface area contributed by atoms with E-state index in [4.69, 9.17) is 11.6 Å². The fourth-order valence-electron chi connectivity index (χ4n) is 1.49. The Balaban J connectivity index is 2.08. The Kier molecular flexibility index (Phi) is 2.87. The van der Waals surface area contributed by atoms with Gasteiger partial charge >= 0.3 is 0 Å². The number of aromatic nitrogens is 2. The van der Waals surface area contributed by atoms with Crippen LogP contribution in [-0.4, -0.2) is 23.1 Å². The van der Waals surface area contributed by atoms with Gasteiger partial charge in [0.05, 0.1) is 0 Å². The molecule has 4 heteroatoms. The van der Waals surface area contributed by atoms with Gasteiger partial charge in [-0.3, -0.25) is 0 Å². The van der Waals surface area contributed by atoms with Gasteiger partial charge in [0.2, 0.25) is 0 Å². The van der Waals surface area contributed by atoms with Crippen LogP contribution in [0.15, 0.2) is 12.4 Å². The molecule has 0 atom stereocenters. The van der Waals surface area contributed by atoms with Crippen LogP contribution >= 0.6 is 11.6 Å². The zero-order chi connectivity index (χ0) is 9.97. The van der Waals surface area contributed by atoms with E-state index < -0.39 is 0 Å². The molecule has 1 aliphatic carbocycles. The van der Waals surface area contributed by atoms with Crippen LogP contribution in [-0.2, 0) is 0 Å². The molecule has 0 aliphatic heterocycles. The lowest BCUT2D eigenvalue weighted by molar-refractivity contribution is 0.730.